The van der Waals surface area contributed by atoms with Gasteiger partial charge in [-0.2, -0.15) is 0 Å². The molecular weight excluding hydrogens is 244 g/mol. The molecule has 0 aromatic carbocycles. The first-order valence-electron chi connectivity index (χ1n) is 6.97. The summed E-state index contributed by atoms with van der Waals surface area (Å²) < 4.78 is 0. The maximum absolute atomic E-state index is 11.8. The van der Waals surface area contributed by atoms with Gasteiger partial charge < -0.3 is 10.4 Å². The van der Waals surface area contributed by atoms with E-state index < -0.39 is 6.04 Å². The molecule has 0 aliphatic rings. The van der Waals surface area contributed by atoms with Gasteiger partial charge in [0.05, 0.1) is 12.6 Å². The van der Waals surface area contributed by atoms with Crippen molar-refractivity contribution < 1.29 is 14.7 Å². The van der Waals surface area contributed by atoms with E-state index in [1.54, 1.807) is 0 Å². The van der Waals surface area contributed by atoms with Gasteiger partial charge in [-0.15, -0.1) is 0 Å². The SMILES string of the molecule is CC(=O)C(NC(=O)CN(C)CCCCCO)C(C)C. The van der Waals surface area contributed by atoms with Gasteiger partial charge in [0.2, 0.25) is 5.91 Å². The highest BCUT2D eigenvalue weighted by atomic mass is 16.3. The second kappa shape index (κ2) is 9.92. The Labute approximate surface area is 116 Å². The quantitative estimate of drug-likeness (QED) is 0.577. The van der Waals surface area contributed by atoms with Gasteiger partial charge in [0.1, 0.15) is 0 Å². The summed E-state index contributed by atoms with van der Waals surface area (Å²) in [6.45, 7) is 6.69. The highest BCUT2D eigenvalue weighted by molar-refractivity contribution is 5.88. The van der Waals surface area contributed by atoms with Crippen LogP contribution in [0.3, 0.4) is 0 Å². The molecule has 0 fully saturated rings. The molecule has 1 unspecified atom stereocenters. The molecule has 0 aliphatic carbocycles. The number of likely N-dealkylation sites (N-methyl/N-ethyl adjacent to an activating group) is 1. The summed E-state index contributed by atoms with van der Waals surface area (Å²) in [6, 6.07) is -0.393. The standard InChI is InChI=1S/C14H28N2O3/c1-11(2)14(12(3)18)15-13(19)10-16(4)8-6-5-7-9-17/h11,14,17H,5-10H2,1-4H3,(H,15,19). The topological polar surface area (TPSA) is 69.6 Å². The Bertz CT molecular complexity index is 280. The molecule has 112 valence electrons. The molecule has 1 amide bonds. The van der Waals surface area contributed by atoms with Crippen LogP contribution in [0.4, 0.5) is 0 Å². The molecule has 1 atom stereocenters. The maximum Gasteiger partial charge on any atom is 0.234 e. The van der Waals surface area contributed by atoms with Gasteiger partial charge in [0.15, 0.2) is 5.78 Å². The first-order chi connectivity index (χ1) is 8.88. The normalized spacial score (nSPS) is 12.8. The third kappa shape index (κ3) is 8.72. The van der Waals surface area contributed by atoms with Crippen LogP contribution in [-0.4, -0.2) is 54.5 Å². The first kappa shape index (κ1) is 18.1. The van der Waals surface area contributed by atoms with Crippen molar-refractivity contribution in [2.24, 2.45) is 5.92 Å². The number of amides is 1. The van der Waals surface area contributed by atoms with E-state index in [1.165, 1.54) is 6.92 Å². The van der Waals surface area contributed by atoms with Crippen molar-refractivity contribution in [3.8, 4) is 0 Å². The lowest BCUT2D eigenvalue weighted by Crippen LogP contribution is -2.46. The Morgan fingerprint density at radius 3 is 2.32 bits per heavy atom. The lowest BCUT2D eigenvalue weighted by molar-refractivity contribution is -0.128. The fourth-order valence-corrected chi connectivity index (χ4v) is 1.95. The Balaban J connectivity index is 3.98. The molecule has 5 nitrogen and oxygen atoms in total. The fraction of sp³-hybridized carbons (Fsp3) is 0.857. The lowest BCUT2D eigenvalue weighted by atomic mass is 10.0. The number of hydrogen-bond donors (Lipinski definition) is 2. The minimum Gasteiger partial charge on any atom is -0.396 e. The van der Waals surface area contributed by atoms with Crippen molar-refractivity contribution in [3.05, 3.63) is 0 Å². The number of nitrogens with zero attached hydrogens (tertiary/aromatic N) is 1. The van der Waals surface area contributed by atoms with Gasteiger partial charge in [0.25, 0.3) is 0 Å². The van der Waals surface area contributed by atoms with Crippen LogP contribution in [0, 0.1) is 5.92 Å². The van der Waals surface area contributed by atoms with Crippen LogP contribution in [0.25, 0.3) is 0 Å². The largest absolute Gasteiger partial charge is 0.396 e. The van der Waals surface area contributed by atoms with Crippen molar-refractivity contribution in [1.82, 2.24) is 10.2 Å². The molecule has 2 N–H and O–H groups in total. The van der Waals surface area contributed by atoms with Crippen LogP contribution in [-0.2, 0) is 9.59 Å². The monoisotopic (exact) mass is 272 g/mol. The van der Waals surface area contributed by atoms with E-state index in [9.17, 15) is 9.59 Å². The zero-order valence-electron chi connectivity index (χ0n) is 12.6. The van der Waals surface area contributed by atoms with Crippen molar-refractivity contribution in [3.63, 3.8) is 0 Å². The van der Waals surface area contributed by atoms with Gasteiger partial charge in [-0.3, -0.25) is 14.5 Å². The molecule has 19 heavy (non-hydrogen) atoms. The van der Waals surface area contributed by atoms with Crippen LogP contribution < -0.4 is 5.32 Å². The third-order valence-electron chi connectivity index (χ3n) is 3.03. The Morgan fingerprint density at radius 2 is 1.84 bits per heavy atom. The zero-order chi connectivity index (χ0) is 14.8. The zero-order valence-corrected chi connectivity index (χ0v) is 12.6. The number of aliphatic hydroxyl groups excluding tert-OH is 1. The number of Topliss-reactive ketones (excluding diaryl/α,β-unsaturated/α-hetero) is 1. The minimum atomic E-state index is -0.393. The number of rotatable bonds is 10. The molecular formula is C14H28N2O3. The molecule has 0 bridgehead atoms. The lowest BCUT2D eigenvalue weighted by Gasteiger charge is -2.22. The van der Waals surface area contributed by atoms with E-state index in [0.29, 0.717) is 6.54 Å². The highest BCUT2D eigenvalue weighted by Gasteiger charge is 2.20. The Morgan fingerprint density at radius 1 is 1.21 bits per heavy atom. The van der Waals surface area contributed by atoms with Gasteiger partial charge >= 0.3 is 0 Å². The Hall–Kier alpha value is -0.940. The number of unbranched alkanes of at least 4 members (excludes halogenated alkanes) is 2. The van der Waals surface area contributed by atoms with Gasteiger partial charge in [-0.25, -0.2) is 0 Å². The molecule has 0 spiro atoms. The van der Waals surface area contributed by atoms with Crippen molar-refractivity contribution in [1.29, 1.82) is 0 Å². The van der Waals surface area contributed by atoms with Crippen LogP contribution in [0.15, 0.2) is 0 Å². The van der Waals surface area contributed by atoms with E-state index in [0.717, 1.165) is 25.8 Å². The second-order valence-electron chi connectivity index (χ2n) is 5.42. The molecule has 0 heterocycles. The number of hydrogen-bond acceptors (Lipinski definition) is 4. The summed E-state index contributed by atoms with van der Waals surface area (Å²) in [6.07, 6.45) is 2.73. The van der Waals surface area contributed by atoms with Crippen LogP contribution >= 0.6 is 0 Å². The fourth-order valence-electron chi connectivity index (χ4n) is 1.95. The first-order valence-corrected chi connectivity index (χ1v) is 6.97. The van der Waals surface area contributed by atoms with E-state index in [2.05, 4.69) is 5.32 Å². The van der Waals surface area contributed by atoms with Gasteiger partial charge in [0, 0.05) is 6.61 Å². The molecule has 0 saturated carbocycles. The maximum atomic E-state index is 11.8. The number of ketones is 1. The summed E-state index contributed by atoms with van der Waals surface area (Å²) in [4.78, 5) is 25.2. The molecule has 0 rings (SSSR count). The third-order valence-corrected chi connectivity index (χ3v) is 3.03. The summed E-state index contributed by atoms with van der Waals surface area (Å²) in [5.74, 6) is -0.0104. The minimum absolute atomic E-state index is 0.00560. The van der Waals surface area contributed by atoms with E-state index in [1.807, 2.05) is 25.8 Å². The Kier molecular flexibility index (Phi) is 9.43. The van der Waals surface area contributed by atoms with E-state index in [4.69, 9.17) is 5.11 Å². The van der Waals surface area contributed by atoms with Crippen molar-refractivity contribution >= 4 is 11.7 Å². The number of aliphatic hydroxyl groups is 1. The van der Waals surface area contributed by atoms with E-state index >= 15 is 0 Å². The molecule has 0 aromatic heterocycles. The second-order valence-corrected chi connectivity index (χ2v) is 5.42. The number of carbonyl (C=O) groups excluding carboxylic acids is 2. The van der Waals surface area contributed by atoms with Crippen LogP contribution in [0.2, 0.25) is 0 Å². The number of carbonyl (C=O) groups is 2. The predicted molar refractivity (Wildman–Crippen MR) is 75.9 cm³/mol. The van der Waals surface area contributed by atoms with Gasteiger partial charge in [-0.05, 0) is 45.7 Å². The summed E-state index contributed by atoms with van der Waals surface area (Å²) in [7, 11) is 1.89. The smallest absolute Gasteiger partial charge is 0.234 e. The van der Waals surface area contributed by atoms with E-state index in [-0.39, 0.29) is 24.2 Å². The molecule has 5 heteroatoms. The average molecular weight is 272 g/mol. The summed E-state index contributed by atoms with van der Waals surface area (Å²) in [5.41, 5.74) is 0. The summed E-state index contributed by atoms with van der Waals surface area (Å²) >= 11 is 0. The summed E-state index contributed by atoms with van der Waals surface area (Å²) in [5, 5.41) is 11.4. The highest BCUT2D eigenvalue weighted by Crippen LogP contribution is 2.03. The molecule has 0 radical (unpaired) electrons. The van der Waals surface area contributed by atoms with Gasteiger partial charge in [-0.1, -0.05) is 13.8 Å². The number of nitrogens with one attached hydrogen (secondary N) is 1. The predicted octanol–water partition coefficient (Wildman–Crippen LogP) is 0.811. The van der Waals surface area contributed by atoms with Crippen LogP contribution in [0.1, 0.15) is 40.0 Å². The molecule has 0 aliphatic heterocycles. The average Bonchev–Trinajstić information content (AvgIpc) is 2.31. The molecule has 0 saturated heterocycles. The van der Waals surface area contributed by atoms with Crippen molar-refractivity contribution in [2.75, 3.05) is 26.7 Å². The van der Waals surface area contributed by atoms with Crippen LogP contribution in [0.5, 0.6) is 0 Å². The molecule has 0 aromatic rings. The van der Waals surface area contributed by atoms with Crippen molar-refractivity contribution in [2.45, 2.75) is 46.1 Å².